The van der Waals surface area contributed by atoms with Crippen molar-refractivity contribution in [1.29, 1.82) is 0 Å². The summed E-state index contributed by atoms with van der Waals surface area (Å²) in [6.07, 6.45) is 0.779. The highest BCUT2D eigenvalue weighted by Crippen LogP contribution is 2.37. The maximum Gasteiger partial charge on any atom is 0.0761 e. The van der Waals surface area contributed by atoms with Gasteiger partial charge in [0.1, 0.15) is 0 Å². The minimum Gasteiger partial charge on any atom is -0.389 e. The highest BCUT2D eigenvalue weighted by molar-refractivity contribution is 5.27. The van der Waals surface area contributed by atoms with Gasteiger partial charge in [0.15, 0.2) is 0 Å². The quantitative estimate of drug-likeness (QED) is 0.806. The van der Waals surface area contributed by atoms with Crippen LogP contribution in [0, 0.1) is 5.41 Å². The largest absolute Gasteiger partial charge is 0.389 e. The molecule has 0 bridgehead atoms. The summed E-state index contributed by atoms with van der Waals surface area (Å²) in [6.45, 7) is 10.9. The lowest BCUT2D eigenvalue weighted by molar-refractivity contribution is 0.199. The molecule has 1 N–H and O–H groups in total. The summed E-state index contributed by atoms with van der Waals surface area (Å²) in [4.78, 5) is 0. The Morgan fingerprint density at radius 1 is 1.06 bits per heavy atom. The van der Waals surface area contributed by atoms with Gasteiger partial charge in [-0.1, -0.05) is 52.0 Å². The molecule has 0 saturated heterocycles. The molecule has 2 atom stereocenters. The van der Waals surface area contributed by atoms with Crippen LogP contribution in [-0.2, 0) is 0 Å². The van der Waals surface area contributed by atoms with Crippen molar-refractivity contribution in [1.82, 2.24) is 0 Å². The van der Waals surface area contributed by atoms with E-state index in [0.717, 1.165) is 12.0 Å². The van der Waals surface area contributed by atoms with Gasteiger partial charge in [0.25, 0.3) is 0 Å². The lowest BCUT2D eigenvalue weighted by Crippen LogP contribution is -2.17. The Balaban J connectivity index is 2.96. The van der Waals surface area contributed by atoms with Gasteiger partial charge < -0.3 is 5.11 Å². The molecule has 16 heavy (non-hydrogen) atoms. The zero-order chi connectivity index (χ0) is 12.3. The Morgan fingerprint density at radius 3 is 1.81 bits per heavy atom. The van der Waals surface area contributed by atoms with E-state index >= 15 is 0 Å². The number of hydrogen-bond acceptors (Lipinski definition) is 1. The molecule has 2 unspecified atom stereocenters. The first-order valence-corrected chi connectivity index (χ1v) is 6.14. The van der Waals surface area contributed by atoms with Crippen molar-refractivity contribution in [3.63, 3.8) is 0 Å². The molecule has 0 aromatic heterocycles. The van der Waals surface area contributed by atoms with Crippen molar-refractivity contribution in [3.8, 4) is 0 Å². The molecule has 0 aliphatic heterocycles. The van der Waals surface area contributed by atoms with Crippen LogP contribution in [-0.4, -0.2) is 5.11 Å². The Kier molecular flexibility index (Phi) is 4.15. The summed E-state index contributed by atoms with van der Waals surface area (Å²) in [5.74, 6) is 0.579. The lowest BCUT2D eigenvalue weighted by Gasteiger charge is -2.30. The van der Waals surface area contributed by atoms with Crippen LogP contribution in [0.1, 0.15) is 64.2 Å². The van der Waals surface area contributed by atoms with Crippen LogP contribution in [0.15, 0.2) is 24.3 Å². The Bertz CT molecular complexity index is 316. The van der Waals surface area contributed by atoms with Gasteiger partial charge in [-0.05, 0) is 35.8 Å². The van der Waals surface area contributed by atoms with Crippen LogP contribution in [0.4, 0.5) is 0 Å². The Hall–Kier alpha value is -0.820. The van der Waals surface area contributed by atoms with E-state index in [2.05, 4.69) is 39.8 Å². The zero-order valence-electron chi connectivity index (χ0n) is 11.1. The molecule has 0 fully saturated rings. The van der Waals surface area contributed by atoms with Crippen molar-refractivity contribution in [2.45, 2.75) is 53.1 Å². The predicted molar refractivity (Wildman–Crippen MR) is 69.6 cm³/mol. The summed E-state index contributed by atoms with van der Waals surface area (Å²) < 4.78 is 0. The van der Waals surface area contributed by atoms with Crippen molar-refractivity contribution >= 4 is 0 Å². The van der Waals surface area contributed by atoms with Crippen LogP contribution < -0.4 is 0 Å². The zero-order valence-corrected chi connectivity index (χ0v) is 11.1. The molecule has 1 aromatic rings. The lowest BCUT2D eigenvalue weighted by atomic mass is 9.75. The summed E-state index contributed by atoms with van der Waals surface area (Å²) in [6, 6.07) is 8.38. The van der Waals surface area contributed by atoms with E-state index in [4.69, 9.17) is 0 Å². The van der Waals surface area contributed by atoms with Gasteiger partial charge in [-0.3, -0.25) is 0 Å². The maximum atomic E-state index is 9.47. The molecule has 0 heterocycles. The topological polar surface area (TPSA) is 20.2 Å². The van der Waals surface area contributed by atoms with E-state index in [1.807, 2.05) is 12.1 Å². The van der Waals surface area contributed by atoms with Crippen LogP contribution in [0.25, 0.3) is 0 Å². The van der Waals surface area contributed by atoms with E-state index in [1.165, 1.54) is 5.56 Å². The van der Waals surface area contributed by atoms with Gasteiger partial charge in [0, 0.05) is 0 Å². The normalized spacial score (nSPS) is 15.9. The molecular formula is C15H24O. The van der Waals surface area contributed by atoms with Crippen LogP contribution in [0.5, 0.6) is 0 Å². The number of aliphatic hydroxyl groups excluding tert-OH is 1. The smallest absolute Gasteiger partial charge is 0.0761 e. The SMILES string of the molecule is CCC(c1ccc(C(C)O)cc1)C(C)(C)C. The third-order valence-corrected chi connectivity index (χ3v) is 3.27. The van der Waals surface area contributed by atoms with Gasteiger partial charge >= 0.3 is 0 Å². The molecule has 1 rings (SSSR count). The highest BCUT2D eigenvalue weighted by Gasteiger charge is 2.24. The minimum absolute atomic E-state index is 0.293. The fraction of sp³-hybridized carbons (Fsp3) is 0.600. The van der Waals surface area contributed by atoms with Gasteiger partial charge in [-0.15, -0.1) is 0 Å². The third kappa shape index (κ3) is 3.08. The van der Waals surface area contributed by atoms with Crippen LogP contribution >= 0.6 is 0 Å². The molecule has 1 aromatic carbocycles. The van der Waals surface area contributed by atoms with Crippen molar-refractivity contribution in [3.05, 3.63) is 35.4 Å². The molecule has 0 radical (unpaired) electrons. The van der Waals surface area contributed by atoms with Crippen molar-refractivity contribution in [2.24, 2.45) is 5.41 Å². The standard InChI is InChI=1S/C15H24O/c1-6-14(15(3,4)5)13-9-7-12(8-10-13)11(2)16/h7-11,14,16H,6H2,1-5H3. The molecule has 1 heteroatoms. The average Bonchev–Trinajstić information content (AvgIpc) is 2.17. The summed E-state index contributed by atoms with van der Waals surface area (Å²) in [5, 5.41) is 9.47. The fourth-order valence-electron chi connectivity index (χ4n) is 2.35. The average molecular weight is 220 g/mol. The van der Waals surface area contributed by atoms with E-state index in [-0.39, 0.29) is 6.10 Å². The second-order valence-corrected chi connectivity index (χ2v) is 5.67. The fourth-order valence-corrected chi connectivity index (χ4v) is 2.35. The molecule has 0 aliphatic carbocycles. The summed E-state index contributed by atoms with van der Waals surface area (Å²) >= 11 is 0. The minimum atomic E-state index is -0.372. The molecular weight excluding hydrogens is 196 g/mol. The van der Waals surface area contributed by atoms with E-state index in [0.29, 0.717) is 11.3 Å². The predicted octanol–water partition coefficient (Wildman–Crippen LogP) is 4.28. The van der Waals surface area contributed by atoms with Gasteiger partial charge in [-0.25, -0.2) is 0 Å². The molecule has 1 nitrogen and oxygen atoms in total. The van der Waals surface area contributed by atoms with Crippen LogP contribution in [0.3, 0.4) is 0 Å². The number of aliphatic hydroxyl groups is 1. The Morgan fingerprint density at radius 2 is 1.50 bits per heavy atom. The van der Waals surface area contributed by atoms with E-state index < -0.39 is 0 Å². The van der Waals surface area contributed by atoms with Gasteiger partial charge in [-0.2, -0.15) is 0 Å². The maximum absolute atomic E-state index is 9.47. The van der Waals surface area contributed by atoms with Crippen molar-refractivity contribution < 1.29 is 5.11 Å². The monoisotopic (exact) mass is 220 g/mol. The number of rotatable bonds is 3. The van der Waals surface area contributed by atoms with E-state index in [9.17, 15) is 5.11 Å². The van der Waals surface area contributed by atoms with Gasteiger partial charge in [0.05, 0.1) is 6.10 Å². The summed E-state index contributed by atoms with van der Waals surface area (Å²) in [5.41, 5.74) is 2.66. The third-order valence-electron chi connectivity index (χ3n) is 3.27. The summed E-state index contributed by atoms with van der Waals surface area (Å²) in [7, 11) is 0. The molecule has 0 amide bonds. The second-order valence-electron chi connectivity index (χ2n) is 5.67. The molecule has 0 spiro atoms. The highest BCUT2D eigenvalue weighted by atomic mass is 16.3. The Labute approximate surface area is 99.5 Å². The van der Waals surface area contributed by atoms with E-state index in [1.54, 1.807) is 6.92 Å². The first-order valence-electron chi connectivity index (χ1n) is 6.14. The number of hydrogen-bond donors (Lipinski definition) is 1. The first kappa shape index (κ1) is 13.2. The molecule has 90 valence electrons. The molecule has 0 aliphatic rings. The van der Waals surface area contributed by atoms with Crippen LogP contribution in [0.2, 0.25) is 0 Å². The number of benzene rings is 1. The second kappa shape index (κ2) is 5.01. The van der Waals surface area contributed by atoms with Gasteiger partial charge in [0.2, 0.25) is 0 Å². The first-order chi connectivity index (χ1) is 7.36. The van der Waals surface area contributed by atoms with Crippen molar-refractivity contribution in [2.75, 3.05) is 0 Å². The molecule has 0 saturated carbocycles.